The lowest BCUT2D eigenvalue weighted by atomic mass is 11.0. The Bertz CT molecular complexity index is 242. The summed E-state index contributed by atoms with van der Waals surface area (Å²) in [5, 5.41) is 0. The maximum atomic E-state index is 9.93. The normalized spacial score (nSPS) is 12.5. The van der Waals surface area contributed by atoms with E-state index in [4.69, 9.17) is 4.55 Å². The van der Waals surface area contributed by atoms with Gasteiger partial charge in [-0.15, -0.1) is 4.28 Å². The molecule has 0 aliphatic carbocycles. The average Bonchev–Trinajstić information content (AvgIpc) is 2.03. The summed E-state index contributed by atoms with van der Waals surface area (Å²) in [5.41, 5.74) is 2.03. The third-order valence-electron chi connectivity index (χ3n) is 0.698. The van der Waals surface area contributed by atoms with E-state index in [2.05, 4.69) is 19.2 Å². The number of hydrogen-bond donors (Lipinski definition) is 2. The topological polar surface area (TPSA) is 97.2 Å². The Morgan fingerprint density at radius 3 is 2.73 bits per heavy atom. The van der Waals surface area contributed by atoms with Crippen molar-refractivity contribution in [1.82, 2.24) is 15.0 Å². The van der Waals surface area contributed by atoms with Gasteiger partial charge in [0.2, 0.25) is 0 Å². The number of aromatic nitrogens is 3. The molecule has 8 heteroatoms. The molecule has 1 unspecified atom stereocenters. The highest BCUT2D eigenvalue weighted by molar-refractivity contribution is 7.74. The molecule has 0 aliphatic rings. The minimum atomic E-state index is -2.38. The maximum Gasteiger partial charge on any atom is 0.324 e. The molecule has 0 saturated carbocycles. The van der Waals surface area contributed by atoms with Crippen LogP contribution in [0.2, 0.25) is 0 Å². The fraction of sp³-hybridized carbons (Fsp3) is 0. The van der Waals surface area contributed by atoms with E-state index in [9.17, 15) is 4.21 Å². The zero-order valence-corrected chi connectivity index (χ0v) is 5.98. The van der Waals surface area contributed by atoms with Crippen molar-refractivity contribution in [1.29, 1.82) is 0 Å². The lowest BCUT2D eigenvalue weighted by Gasteiger charge is -1.97. The molecule has 0 fully saturated rings. The Hall–Kier alpha value is -1.12. The lowest BCUT2D eigenvalue weighted by molar-refractivity contribution is 0.369. The summed E-state index contributed by atoms with van der Waals surface area (Å²) in [6.45, 7) is 0. The first-order chi connectivity index (χ1) is 5.29. The first-order valence-electron chi connectivity index (χ1n) is 2.45. The van der Waals surface area contributed by atoms with Gasteiger partial charge in [0.15, 0.2) is 0 Å². The van der Waals surface area contributed by atoms with Crippen LogP contribution in [0.4, 0.5) is 5.95 Å². The van der Waals surface area contributed by atoms with Crippen LogP contribution in [-0.4, -0.2) is 23.7 Å². The Morgan fingerprint density at radius 2 is 2.18 bits per heavy atom. The van der Waals surface area contributed by atoms with Gasteiger partial charge in [0, 0.05) is 0 Å². The molecule has 0 radical (unpaired) electrons. The monoisotopic (exact) mass is 176 g/mol. The van der Waals surface area contributed by atoms with Gasteiger partial charge in [-0.25, -0.2) is 10.5 Å². The molecule has 1 heterocycles. The smallest absolute Gasteiger partial charge is 0.282 e. The van der Waals surface area contributed by atoms with E-state index in [1.54, 1.807) is 0 Å². The predicted molar refractivity (Wildman–Crippen MR) is 35.3 cm³/mol. The molecule has 1 aromatic rings. The van der Waals surface area contributed by atoms with Gasteiger partial charge in [0.1, 0.15) is 12.7 Å². The van der Waals surface area contributed by atoms with Crippen molar-refractivity contribution in [2.45, 2.75) is 0 Å². The van der Waals surface area contributed by atoms with E-state index in [0.29, 0.717) is 0 Å². The zero-order chi connectivity index (χ0) is 8.10. The summed E-state index contributed by atoms with van der Waals surface area (Å²) in [5.74, 6) is 0.0717. The van der Waals surface area contributed by atoms with Crippen molar-refractivity contribution in [3.8, 4) is 0 Å². The molecule has 1 rings (SSSR count). The Morgan fingerprint density at radius 1 is 1.55 bits per heavy atom. The largest absolute Gasteiger partial charge is 0.324 e. The van der Waals surface area contributed by atoms with Crippen LogP contribution in [0, 0.1) is 0 Å². The van der Waals surface area contributed by atoms with Crippen LogP contribution in [0.15, 0.2) is 12.7 Å². The molecule has 0 amide bonds. The van der Waals surface area contributed by atoms with Gasteiger partial charge in [-0.1, -0.05) is 0 Å². The Kier molecular flexibility index (Phi) is 2.83. The minimum Gasteiger partial charge on any atom is -0.282 e. The van der Waals surface area contributed by atoms with Crippen LogP contribution < -0.4 is 5.48 Å². The standard InChI is InChI=1S/C3H4N4O3S/c8-11(9)10-7-3-5-1-4-2-6-3/h1-2H,(H,8,9)(H,4,5,6,7). The van der Waals surface area contributed by atoms with Crippen LogP contribution in [0.25, 0.3) is 0 Å². The van der Waals surface area contributed by atoms with E-state index in [0.717, 1.165) is 0 Å². The van der Waals surface area contributed by atoms with Crippen LogP contribution in [0.3, 0.4) is 0 Å². The van der Waals surface area contributed by atoms with Gasteiger partial charge in [0.25, 0.3) is 5.95 Å². The fourth-order valence-electron chi connectivity index (χ4n) is 0.365. The third kappa shape index (κ3) is 2.98. The molecule has 0 aliphatic heterocycles. The molecule has 2 N–H and O–H groups in total. The maximum absolute atomic E-state index is 9.93. The van der Waals surface area contributed by atoms with E-state index < -0.39 is 11.4 Å². The molecular weight excluding hydrogens is 172 g/mol. The van der Waals surface area contributed by atoms with Crippen molar-refractivity contribution in [2.75, 3.05) is 5.48 Å². The van der Waals surface area contributed by atoms with Crippen LogP contribution in [0.1, 0.15) is 0 Å². The van der Waals surface area contributed by atoms with Gasteiger partial charge in [-0.2, -0.15) is 14.2 Å². The molecule has 1 aromatic heterocycles. The van der Waals surface area contributed by atoms with Crippen molar-refractivity contribution in [3.05, 3.63) is 12.7 Å². The van der Waals surface area contributed by atoms with Crippen molar-refractivity contribution in [3.63, 3.8) is 0 Å². The zero-order valence-electron chi connectivity index (χ0n) is 5.17. The SMILES string of the molecule is O=S(O)ONc1ncncn1. The molecular formula is C3H4N4O3S. The molecule has 60 valence electrons. The van der Waals surface area contributed by atoms with Crippen LogP contribution in [0.5, 0.6) is 0 Å². The molecule has 0 aromatic carbocycles. The van der Waals surface area contributed by atoms with Crippen molar-refractivity contribution < 1.29 is 13.0 Å². The van der Waals surface area contributed by atoms with Gasteiger partial charge >= 0.3 is 11.4 Å². The van der Waals surface area contributed by atoms with E-state index in [-0.39, 0.29) is 5.95 Å². The third-order valence-corrected chi connectivity index (χ3v) is 0.924. The van der Waals surface area contributed by atoms with Crippen molar-refractivity contribution in [2.24, 2.45) is 0 Å². The summed E-state index contributed by atoms with van der Waals surface area (Å²) >= 11 is -2.38. The second-order valence-electron chi connectivity index (χ2n) is 1.36. The quantitative estimate of drug-likeness (QED) is 0.466. The summed E-state index contributed by atoms with van der Waals surface area (Å²) in [6.07, 6.45) is 2.44. The van der Waals surface area contributed by atoms with Crippen molar-refractivity contribution >= 4 is 17.3 Å². The summed E-state index contributed by atoms with van der Waals surface area (Å²) in [7, 11) is 0. The highest BCUT2D eigenvalue weighted by Gasteiger charge is 1.95. The molecule has 0 spiro atoms. The average molecular weight is 176 g/mol. The molecule has 7 nitrogen and oxygen atoms in total. The molecule has 0 saturated heterocycles. The number of rotatable bonds is 3. The van der Waals surface area contributed by atoms with E-state index >= 15 is 0 Å². The van der Waals surface area contributed by atoms with Gasteiger partial charge in [-0.05, 0) is 0 Å². The van der Waals surface area contributed by atoms with Gasteiger partial charge < -0.3 is 0 Å². The Labute approximate surface area is 64.3 Å². The first kappa shape index (κ1) is 7.98. The lowest BCUT2D eigenvalue weighted by Crippen LogP contribution is -2.06. The Balaban J connectivity index is 2.45. The molecule has 1 atom stereocenters. The number of nitrogens with one attached hydrogen (secondary N) is 1. The second-order valence-corrected chi connectivity index (χ2v) is 1.97. The molecule has 11 heavy (non-hydrogen) atoms. The fourth-order valence-corrected chi connectivity index (χ4v) is 0.511. The van der Waals surface area contributed by atoms with E-state index in [1.165, 1.54) is 12.7 Å². The minimum absolute atomic E-state index is 0.0717. The second kappa shape index (κ2) is 3.91. The van der Waals surface area contributed by atoms with E-state index in [1.807, 2.05) is 5.48 Å². The predicted octanol–water partition coefficient (Wildman–Crippen LogP) is -0.648. The molecule has 0 bridgehead atoms. The van der Waals surface area contributed by atoms with Crippen LogP contribution in [-0.2, 0) is 15.6 Å². The number of hydrogen-bond acceptors (Lipinski definition) is 6. The first-order valence-corrected chi connectivity index (χ1v) is 3.48. The summed E-state index contributed by atoms with van der Waals surface area (Å²) < 4.78 is 22.1. The summed E-state index contributed by atoms with van der Waals surface area (Å²) in [6, 6.07) is 0. The number of anilines is 1. The summed E-state index contributed by atoms with van der Waals surface area (Å²) in [4.78, 5) is 10.6. The van der Waals surface area contributed by atoms with Gasteiger partial charge in [-0.3, -0.25) is 4.55 Å². The van der Waals surface area contributed by atoms with Crippen LogP contribution >= 0.6 is 0 Å². The highest BCUT2D eigenvalue weighted by Crippen LogP contribution is 1.91. The highest BCUT2D eigenvalue weighted by atomic mass is 32.2. The number of nitrogens with zero attached hydrogens (tertiary/aromatic N) is 3. The van der Waals surface area contributed by atoms with Gasteiger partial charge in [0.05, 0.1) is 0 Å².